The van der Waals surface area contributed by atoms with Crippen LogP contribution in [0.25, 0.3) is 22.3 Å². The van der Waals surface area contributed by atoms with Gasteiger partial charge in [0.25, 0.3) is 0 Å². The Morgan fingerprint density at radius 2 is 2.10 bits per heavy atom. The van der Waals surface area contributed by atoms with Gasteiger partial charge in [0.2, 0.25) is 5.91 Å². The van der Waals surface area contributed by atoms with Gasteiger partial charge < -0.3 is 5.32 Å². The Morgan fingerprint density at radius 1 is 1.26 bits per heavy atom. The maximum Gasteiger partial charge on any atom is 0.244 e. The summed E-state index contributed by atoms with van der Waals surface area (Å²) in [5.41, 5.74) is 2.69. The molecular formula is C22H20N6OS2. The Labute approximate surface area is 188 Å². The first-order valence-corrected chi connectivity index (χ1v) is 11.3. The molecule has 0 saturated heterocycles. The van der Waals surface area contributed by atoms with Gasteiger partial charge in [-0.2, -0.15) is 10.2 Å². The maximum absolute atomic E-state index is 12.5. The third-order valence-corrected chi connectivity index (χ3v) is 6.21. The predicted octanol–water partition coefficient (Wildman–Crippen LogP) is 4.52. The molecule has 2 N–H and O–H groups in total. The second-order valence-electron chi connectivity index (χ2n) is 7.29. The highest BCUT2D eigenvalue weighted by atomic mass is 32.1. The van der Waals surface area contributed by atoms with Crippen molar-refractivity contribution in [2.75, 3.05) is 0 Å². The van der Waals surface area contributed by atoms with Crippen molar-refractivity contribution < 1.29 is 4.79 Å². The average molecular weight is 449 g/mol. The number of nitrogens with one attached hydrogen (secondary N) is 2. The minimum atomic E-state index is -0.194. The van der Waals surface area contributed by atoms with Crippen LogP contribution in [0.2, 0.25) is 0 Å². The quantitative estimate of drug-likeness (QED) is 0.322. The Hall–Kier alpha value is -3.30. The zero-order chi connectivity index (χ0) is 21.2. The monoisotopic (exact) mass is 448 g/mol. The molecule has 156 valence electrons. The van der Waals surface area contributed by atoms with Crippen molar-refractivity contribution in [2.45, 2.75) is 25.4 Å². The van der Waals surface area contributed by atoms with Gasteiger partial charge in [0, 0.05) is 23.9 Å². The summed E-state index contributed by atoms with van der Waals surface area (Å²) in [4.78, 5) is 13.5. The molecule has 9 heteroatoms. The highest BCUT2D eigenvalue weighted by molar-refractivity contribution is 7.71. The summed E-state index contributed by atoms with van der Waals surface area (Å²) in [5.74, 6) is 0.561. The van der Waals surface area contributed by atoms with E-state index in [1.54, 1.807) is 17.4 Å². The molecule has 1 aliphatic carbocycles. The molecule has 0 bridgehead atoms. The second kappa shape index (κ2) is 8.44. The van der Waals surface area contributed by atoms with Crippen molar-refractivity contribution in [1.82, 2.24) is 29.9 Å². The zero-order valence-corrected chi connectivity index (χ0v) is 18.2. The summed E-state index contributed by atoms with van der Waals surface area (Å²) in [5, 5.41) is 16.7. The lowest BCUT2D eigenvalue weighted by molar-refractivity contribution is -0.116. The molecule has 3 heterocycles. The van der Waals surface area contributed by atoms with Gasteiger partial charge in [0.15, 0.2) is 10.6 Å². The summed E-state index contributed by atoms with van der Waals surface area (Å²) in [6.45, 7) is 0.327. The number of aromatic nitrogens is 5. The lowest BCUT2D eigenvalue weighted by Crippen LogP contribution is -2.22. The summed E-state index contributed by atoms with van der Waals surface area (Å²) in [6.07, 6.45) is 7.48. The zero-order valence-electron chi connectivity index (χ0n) is 16.6. The van der Waals surface area contributed by atoms with E-state index < -0.39 is 0 Å². The van der Waals surface area contributed by atoms with Gasteiger partial charge in [0.05, 0.1) is 17.1 Å². The van der Waals surface area contributed by atoms with E-state index in [1.807, 2.05) is 63.3 Å². The summed E-state index contributed by atoms with van der Waals surface area (Å²) >= 11 is 6.91. The Balaban J connectivity index is 1.34. The van der Waals surface area contributed by atoms with Gasteiger partial charge in [0.1, 0.15) is 5.69 Å². The number of hydrogen-bond acceptors (Lipinski definition) is 5. The Kier molecular flexibility index (Phi) is 5.35. The molecule has 31 heavy (non-hydrogen) atoms. The summed E-state index contributed by atoms with van der Waals surface area (Å²) in [7, 11) is 0. The van der Waals surface area contributed by atoms with Crippen molar-refractivity contribution in [2.24, 2.45) is 0 Å². The number of amides is 1. The van der Waals surface area contributed by atoms with Crippen LogP contribution in [0.15, 0.2) is 60.1 Å². The largest absolute Gasteiger partial charge is 0.345 e. The normalized spacial score (nSPS) is 13.7. The van der Waals surface area contributed by atoms with Crippen LogP contribution in [0.4, 0.5) is 0 Å². The third kappa shape index (κ3) is 4.28. The molecule has 3 aromatic heterocycles. The molecule has 0 radical (unpaired) electrons. The van der Waals surface area contributed by atoms with E-state index in [0.717, 1.165) is 40.5 Å². The van der Waals surface area contributed by atoms with Crippen LogP contribution in [0, 0.1) is 4.77 Å². The lowest BCUT2D eigenvalue weighted by Gasteiger charge is -2.05. The molecule has 0 spiro atoms. The van der Waals surface area contributed by atoms with Crippen LogP contribution < -0.4 is 5.32 Å². The number of carbonyl (C=O) groups excluding carboxylic acids is 1. The van der Waals surface area contributed by atoms with Gasteiger partial charge in [-0.15, -0.1) is 11.3 Å². The fourth-order valence-electron chi connectivity index (χ4n) is 3.39. The van der Waals surface area contributed by atoms with E-state index in [9.17, 15) is 4.79 Å². The molecule has 1 aliphatic rings. The van der Waals surface area contributed by atoms with E-state index in [2.05, 4.69) is 15.5 Å². The van der Waals surface area contributed by atoms with E-state index in [4.69, 9.17) is 17.3 Å². The molecule has 5 rings (SSSR count). The maximum atomic E-state index is 12.5. The highest BCUT2D eigenvalue weighted by Gasteiger charge is 2.27. The first-order chi connectivity index (χ1) is 15.2. The van der Waals surface area contributed by atoms with Crippen LogP contribution in [-0.4, -0.2) is 30.5 Å². The molecule has 0 atom stereocenters. The number of H-pyrrole nitrogens is 1. The summed E-state index contributed by atoms with van der Waals surface area (Å²) < 4.78 is 4.44. The van der Waals surface area contributed by atoms with Gasteiger partial charge in [-0.05, 0) is 54.7 Å². The Bertz CT molecular complexity index is 1280. The SMILES string of the molecule is O=C(/C=C/c1cn(-c2ccccc2)nc1-c1cccs1)NCc1n[nH]c(=S)n1C1CC1. The average Bonchev–Trinajstić information content (AvgIpc) is 3.18. The van der Waals surface area contributed by atoms with E-state index >= 15 is 0 Å². The van der Waals surface area contributed by atoms with Crippen molar-refractivity contribution in [3.63, 3.8) is 0 Å². The van der Waals surface area contributed by atoms with E-state index in [0.29, 0.717) is 17.4 Å². The van der Waals surface area contributed by atoms with Crippen molar-refractivity contribution >= 4 is 35.5 Å². The lowest BCUT2D eigenvalue weighted by atomic mass is 10.2. The summed E-state index contributed by atoms with van der Waals surface area (Å²) in [6, 6.07) is 14.3. The van der Waals surface area contributed by atoms with Crippen molar-refractivity contribution in [3.05, 3.63) is 76.3 Å². The number of benzene rings is 1. The predicted molar refractivity (Wildman–Crippen MR) is 123 cm³/mol. The number of rotatable bonds is 7. The van der Waals surface area contributed by atoms with Crippen LogP contribution in [0.5, 0.6) is 0 Å². The number of thiophene rings is 1. The second-order valence-corrected chi connectivity index (χ2v) is 8.62. The molecule has 4 aromatic rings. The van der Waals surface area contributed by atoms with Crippen LogP contribution >= 0.6 is 23.6 Å². The minimum Gasteiger partial charge on any atom is -0.345 e. The number of aromatic amines is 1. The van der Waals surface area contributed by atoms with Crippen LogP contribution in [0.3, 0.4) is 0 Å². The topological polar surface area (TPSA) is 80.5 Å². The molecule has 1 aromatic carbocycles. The molecule has 1 amide bonds. The number of carbonyl (C=O) groups is 1. The molecule has 0 unspecified atom stereocenters. The third-order valence-electron chi connectivity index (χ3n) is 5.04. The molecule has 1 saturated carbocycles. The number of nitrogens with zero attached hydrogens (tertiary/aromatic N) is 4. The first kappa shape index (κ1) is 19.7. The van der Waals surface area contributed by atoms with Crippen LogP contribution in [0.1, 0.15) is 30.3 Å². The van der Waals surface area contributed by atoms with Crippen LogP contribution in [-0.2, 0) is 11.3 Å². The number of para-hydroxylation sites is 1. The fourth-order valence-corrected chi connectivity index (χ4v) is 4.42. The molecular weight excluding hydrogens is 428 g/mol. The molecule has 1 fully saturated rings. The van der Waals surface area contributed by atoms with Crippen molar-refractivity contribution in [3.8, 4) is 16.3 Å². The highest BCUT2D eigenvalue weighted by Crippen LogP contribution is 2.35. The van der Waals surface area contributed by atoms with E-state index in [1.165, 1.54) is 6.08 Å². The van der Waals surface area contributed by atoms with Gasteiger partial charge in [-0.25, -0.2) is 4.68 Å². The Morgan fingerprint density at radius 3 is 2.84 bits per heavy atom. The first-order valence-electron chi connectivity index (χ1n) is 10.00. The standard InChI is InChI=1S/C22H20N6OS2/c29-20(23-13-19-24-25-22(30)28(19)17-9-10-17)11-8-15-14-27(16-5-2-1-3-6-16)26-21(15)18-7-4-12-31-18/h1-8,11-12,14,17H,9-10,13H2,(H,23,29)(H,25,30)/b11-8+. The van der Waals surface area contributed by atoms with Gasteiger partial charge in [-0.1, -0.05) is 24.3 Å². The smallest absolute Gasteiger partial charge is 0.244 e. The van der Waals surface area contributed by atoms with E-state index in [-0.39, 0.29) is 5.91 Å². The van der Waals surface area contributed by atoms with Gasteiger partial charge >= 0.3 is 0 Å². The van der Waals surface area contributed by atoms with Gasteiger partial charge in [-0.3, -0.25) is 14.5 Å². The molecule has 0 aliphatic heterocycles. The minimum absolute atomic E-state index is 0.194. The van der Waals surface area contributed by atoms with Crippen molar-refractivity contribution in [1.29, 1.82) is 0 Å². The molecule has 7 nitrogen and oxygen atoms in total. The fraction of sp³-hybridized carbons (Fsp3) is 0.182. The number of hydrogen-bond donors (Lipinski definition) is 2.